The maximum absolute atomic E-state index is 12.1. The lowest BCUT2D eigenvalue weighted by Crippen LogP contribution is -2.12. The van der Waals surface area contributed by atoms with Crippen molar-refractivity contribution in [3.8, 4) is 5.75 Å². The molecule has 2 aromatic carbocycles. The molecular formula is C23H21NO4. The third-order valence-electron chi connectivity index (χ3n) is 4.93. The van der Waals surface area contributed by atoms with Crippen molar-refractivity contribution in [3.63, 3.8) is 0 Å². The molecule has 5 nitrogen and oxygen atoms in total. The van der Waals surface area contributed by atoms with Gasteiger partial charge in [0, 0.05) is 18.0 Å². The van der Waals surface area contributed by atoms with Crippen molar-refractivity contribution < 1.29 is 19.0 Å². The van der Waals surface area contributed by atoms with Crippen LogP contribution in [0, 0.1) is 0 Å². The van der Waals surface area contributed by atoms with E-state index in [-0.39, 0.29) is 18.2 Å². The standard InChI is InChI=1S/C23H21NO4/c1-15(17-7-5-11-24-13-17)28-22-19-8-4-3-6-18(19)14-27-21-10-9-16(12-20(21)22)23(25)26-2/h3-13,15,22H,14H2,1-2H3. The minimum Gasteiger partial charge on any atom is -0.488 e. The zero-order valence-electron chi connectivity index (χ0n) is 15.8. The predicted molar refractivity (Wildman–Crippen MR) is 104 cm³/mol. The highest BCUT2D eigenvalue weighted by Crippen LogP contribution is 2.41. The second-order valence-corrected chi connectivity index (χ2v) is 6.68. The van der Waals surface area contributed by atoms with Gasteiger partial charge in [-0.3, -0.25) is 4.98 Å². The Labute approximate surface area is 163 Å². The number of ether oxygens (including phenoxy) is 3. The molecule has 0 saturated heterocycles. The molecule has 2 atom stereocenters. The zero-order chi connectivity index (χ0) is 19.5. The van der Waals surface area contributed by atoms with Crippen molar-refractivity contribution in [1.82, 2.24) is 4.98 Å². The normalized spacial score (nSPS) is 16.1. The third-order valence-corrected chi connectivity index (χ3v) is 4.93. The van der Waals surface area contributed by atoms with Gasteiger partial charge in [0.2, 0.25) is 0 Å². The molecule has 1 aliphatic rings. The predicted octanol–water partition coefficient (Wildman–Crippen LogP) is 4.63. The topological polar surface area (TPSA) is 57.7 Å². The molecule has 0 fully saturated rings. The Hall–Kier alpha value is -3.18. The number of aromatic nitrogens is 1. The first-order chi connectivity index (χ1) is 13.7. The largest absolute Gasteiger partial charge is 0.488 e. The summed E-state index contributed by atoms with van der Waals surface area (Å²) in [5.74, 6) is 0.312. The van der Waals surface area contributed by atoms with Crippen LogP contribution in [-0.2, 0) is 16.1 Å². The minimum absolute atomic E-state index is 0.195. The SMILES string of the molecule is COC(=O)c1ccc2c(c1)C(OC(C)c1cccnc1)c1ccccc1CO2. The van der Waals surface area contributed by atoms with Crippen LogP contribution in [-0.4, -0.2) is 18.1 Å². The van der Waals surface area contributed by atoms with Crippen LogP contribution in [0.3, 0.4) is 0 Å². The van der Waals surface area contributed by atoms with E-state index in [4.69, 9.17) is 14.2 Å². The number of esters is 1. The maximum Gasteiger partial charge on any atom is 0.337 e. The van der Waals surface area contributed by atoms with E-state index in [0.29, 0.717) is 17.9 Å². The van der Waals surface area contributed by atoms with Gasteiger partial charge in [0.25, 0.3) is 0 Å². The summed E-state index contributed by atoms with van der Waals surface area (Å²) in [6.07, 6.45) is 2.96. The van der Waals surface area contributed by atoms with Gasteiger partial charge in [0.05, 0.1) is 18.8 Å². The van der Waals surface area contributed by atoms with Gasteiger partial charge in [0.15, 0.2) is 0 Å². The molecule has 28 heavy (non-hydrogen) atoms. The van der Waals surface area contributed by atoms with Gasteiger partial charge in [-0.2, -0.15) is 0 Å². The second kappa shape index (κ2) is 7.82. The Balaban J connectivity index is 1.79. The summed E-state index contributed by atoms with van der Waals surface area (Å²) in [6.45, 7) is 2.44. The monoisotopic (exact) mass is 375 g/mol. The average Bonchev–Trinajstić information content (AvgIpc) is 2.90. The van der Waals surface area contributed by atoms with Gasteiger partial charge in [-0.05, 0) is 47.9 Å². The van der Waals surface area contributed by atoms with E-state index in [1.165, 1.54) is 7.11 Å². The first kappa shape index (κ1) is 18.2. The van der Waals surface area contributed by atoms with Crippen LogP contribution in [0.5, 0.6) is 5.75 Å². The number of hydrogen-bond acceptors (Lipinski definition) is 5. The Kier molecular flexibility index (Phi) is 5.08. The molecule has 142 valence electrons. The Morgan fingerprint density at radius 1 is 1.14 bits per heavy atom. The fourth-order valence-electron chi connectivity index (χ4n) is 3.42. The highest BCUT2D eigenvalue weighted by molar-refractivity contribution is 5.89. The van der Waals surface area contributed by atoms with Gasteiger partial charge in [-0.25, -0.2) is 4.79 Å². The maximum atomic E-state index is 12.1. The van der Waals surface area contributed by atoms with Crippen LogP contribution in [0.4, 0.5) is 0 Å². The van der Waals surface area contributed by atoms with Crippen LogP contribution in [0.1, 0.15) is 51.7 Å². The summed E-state index contributed by atoms with van der Waals surface area (Å²) in [4.78, 5) is 16.3. The molecule has 1 aromatic heterocycles. The Bertz CT molecular complexity index is 987. The van der Waals surface area contributed by atoms with Crippen LogP contribution >= 0.6 is 0 Å². The van der Waals surface area contributed by atoms with Crippen LogP contribution < -0.4 is 4.74 Å². The fourth-order valence-corrected chi connectivity index (χ4v) is 3.42. The van der Waals surface area contributed by atoms with Crippen molar-refractivity contribution in [3.05, 3.63) is 94.8 Å². The molecule has 2 unspecified atom stereocenters. The van der Waals surface area contributed by atoms with Gasteiger partial charge in [0.1, 0.15) is 18.5 Å². The van der Waals surface area contributed by atoms with Crippen LogP contribution in [0.15, 0.2) is 67.0 Å². The Morgan fingerprint density at radius 3 is 2.79 bits per heavy atom. The number of rotatable bonds is 4. The molecule has 5 heteroatoms. The van der Waals surface area contributed by atoms with Crippen LogP contribution in [0.25, 0.3) is 0 Å². The Morgan fingerprint density at radius 2 is 2.00 bits per heavy atom. The first-order valence-corrected chi connectivity index (χ1v) is 9.15. The molecule has 0 bridgehead atoms. The summed E-state index contributed by atoms with van der Waals surface area (Å²) < 4.78 is 17.4. The number of hydrogen-bond donors (Lipinski definition) is 0. The van der Waals surface area contributed by atoms with Crippen molar-refractivity contribution in [2.75, 3.05) is 7.11 Å². The number of nitrogens with zero attached hydrogens (tertiary/aromatic N) is 1. The molecular weight excluding hydrogens is 354 g/mol. The third kappa shape index (κ3) is 3.49. The number of pyridine rings is 1. The van der Waals surface area contributed by atoms with Gasteiger partial charge in [-0.1, -0.05) is 30.3 Å². The summed E-state index contributed by atoms with van der Waals surface area (Å²) in [5, 5.41) is 0. The van der Waals surface area contributed by atoms with E-state index in [1.54, 1.807) is 30.6 Å². The molecule has 3 aromatic rings. The van der Waals surface area contributed by atoms with Crippen molar-refractivity contribution in [1.29, 1.82) is 0 Å². The fraction of sp³-hybridized carbons (Fsp3) is 0.217. The van der Waals surface area contributed by atoms with Gasteiger partial charge in [-0.15, -0.1) is 0 Å². The lowest BCUT2D eigenvalue weighted by Gasteiger charge is -2.24. The highest BCUT2D eigenvalue weighted by Gasteiger charge is 2.28. The zero-order valence-corrected chi connectivity index (χ0v) is 15.8. The average molecular weight is 375 g/mol. The molecule has 0 aliphatic carbocycles. The summed E-state index contributed by atoms with van der Waals surface area (Å²) in [6, 6.07) is 17.2. The lowest BCUT2D eigenvalue weighted by atomic mass is 9.95. The van der Waals surface area contributed by atoms with E-state index in [1.807, 2.05) is 43.3 Å². The summed E-state index contributed by atoms with van der Waals surface area (Å²) in [7, 11) is 1.37. The number of carbonyl (C=O) groups is 1. The molecule has 2 heterocycles. The van der Waals surface area contributed by atoms with Crippen molar-refractivity contribution in [2.24, 2.45) is 0 Å². The molecule has 0 spiro atoms. The van der Waals surface area contributed by atoms with Gasteiger partial charge >= 0.3 is 5.97 Å². The lowest BCUT2D eigenvalue weighted by molar-refractivity contribution is 0.0176. The molecule has 0 N–H and O–H groups in total. The van der Waals surface area contributed by atoms with E-state index < -0.39 is 0 Å². The summed E-state index contributed by atoms with van der Waals surface area (Å²) in [5.41, 5.74) is 4.34. The van der Waals surface area contributed by atoms with Crippen molar-refractivity contribution in [2.45, 2.75) is 25.7 Å². The molecule has 1 aliphatic heterocycles. The number of carbonyl (C=O) groups excluding carboxylic acids is 1. The quantitative estimate of drug-likeness (QED) is 0.623. The van der Waals surface area contributed by atoms with E-state index in [0.717, 1.165) is 22.3 Å². The molecule has 0 saturated carbocycles. The smallest absolute Gasteiger partial charge is 0.337 e. The molecule has 4 rings (SSSR count). The minimum atomic E-state index is -0.389. The first-order valence-electron chi connectivity index (χ1n) is 9.15. The van der Waals surface area contributed by atoms with Crippen molar-refractivity contribution >= 4 is 5.97 Å². The van der Waals surface area contributed by atoms with E-state index >= 15 is 0 Å². The van der Waals surface area contributed by atoms with Gasteiger partial charge < -0.3 is 14.2 Å². The number of methoxy groups -OCH3 is 1. The van der Waals surface area contributed by atoms with E-state index in [2.05, 4.69) is 4.98 Å². The summed E-state index contributed by atoms with van der Waals surface area (Å²) >= 11 is 0. The van der Waals surface area contributed by atoms with Crippen LogP contribution in [0.2, 0.25) is 0 Å². The molecule has 0 radical (unpaired) electrons. The van der Waals surface area contributed by atoms with E-state index in [9.17, 15) is 4.79 Å². The number of fused-ring (bicyclic) bond motifs is 2. The molecule has 0 amide bonds. The second-order valence-electron chi connectivity index (χ2n) is 6.68. The number of benzene rings is 2. The highest BCUT2D eigenvalue weighted by atomic mass is 16.5.